The predicted molar refractivity (Wildman–Crippen MR) is 58.8 cm³/mol. The molecule has 1 rings (SSSR count). The third kappa shape index (κ3) is 3.71. The number of halogens is 1. The van der Waals surface area contributed by atoms with Gasteiger partial charge in [-0.05, 0) is 30.7 Å². The summed E-state index contributed by atoms with van der Waals surface area (Å²) in [5, 5.41) is 10.7. The number of aliphatic carboxylic acids is 1. The lowest BCUT2D eigenvalue weighted by Crippen LogP contribution is -2.29. The largest absolute Gasteiger partial charge is 0.480 e. The van der Waals surface area contributed by atoms with Crippen LogP contribution >= 0.6 is 15.9 Å². The Morgan fingerprint density at radius 1 is 1.40 bits per heavy atom. The van der Waals surface area contributed by atoms with Gasteiger partial charge in [-0.2, -0.15) is 0 Å². The topological polar surface area (TPSA) is 66.4 Å². The SMILES string of the molecule is Cc1cc(Br)cc(C(=O)NCC(=O)O)c1. The van der Waals surface area contributed by atoms with Gasteiger partial charge in [-0.15, -0.1) is 0 Å². The van der Waals surface area contributed by atoms with Crippen molar-refractivity contribution < 1.29 is 14.7 Å². The number of benzene rings is 1. The zero-order valence-electron chi connectivity index (χ0n) is 8.08. The van der Waals surface area contributed by atoms with Crippen molar-refractivity contribution in [2.75, 3.05) is 6.54 Å². The van der Waals surface area contributed by atoms with Crippen molar-refractivity contribution in [1.29, 1.82) is 0 Å². The Bertz CT molecular complexity index is 383. The Kier molecular flexibility index (Phi) is 3.85. The first kappa shape index (κ1) is 11.7. The van der Waals surface area contributed by atoms with Crippen molar-refractivity contribution in [1.82, 2.24) is 5.32 Å². The molecule has 0 saturated heterocycles. The zero-order chi connectivity index (χ0) is 11.4. The van der Waals surface area contributed by atoms with E-state index in [0.717, 1.165) is 10.0 Å². The average Bonchev–Trinajstić information content (AvgIpc) is 2.12. The second kappa shape index (κ2) is 4.93. The number of carboxylic acid groups (broad SMARTS) is 1. The molecule has 0 aliphatic rings. The molecule has 0 unspecified atom stereocenters. The molecule has 5 heteroatoms. The second-order valence-electron chi connectivity index (χ2n) is 3.09. The molecule has 0 aliphatic carbocycles. The minimum Gasteiger partial charge on any atom is -0.480 e. The van der Waals surface area contributed by atoms with Gasteiger partial charge in [-0.1, -0.05) is 15.9 Å². The van der Waals surface area contributed by atoms with Gasteiger partial charge < -0.3 is 10.4 Å². The zero-order valence-corrected chi connectivity index (χ0v) is 9.67. The first-order valence-electron chi connectivity index (χ1n) is 4.26. The molecule has 1 aromatic rings. The van der Waals surface area contributed by atoms with Gasteiger partial charge in [0.05, 0.1) is 0 Å². The van der Waals surface area contributed by atoms with Crippen LogP contribution in [0.25, 0.3) is 0 Å². The van der Waals surface area contributed by atoms with Crippen LogP contribution in [-0.4, -0.2) is 23.5 Å². The number of rotatable bonds is 3. The van der Waals surface area contributed by atoms with Crippen molar-refractivity contribution in [3.63, 3.8) is 0 Å². The fraction of sp³-hybridized carbons (Fsp3) is 0.200. The molecule has 0 saturated carbocycles. The molecule has 0 bridgehead atoms. The maximum absolute atomic E-state index is 11.5. The van der Waals surface area contributed by atoms with Gasteiger partial charge in [0.1, 0.15) is 6.54 Å². The summed E-state index contributed by atoms with van der Waals surface area (Å²) < 4.78 is 0.794. The normalized spacial score (nSPS) is 9.73. The Morgan fingerprint density at radius 3 is 2.60 bits per heavy atom. The molecule has 0 fully saturated rings. The molecule has 0 aliphatic heterocycles. The van der Waals surface area contributed by atoms with Gasteiger partial charge in [0.15, 0.2) is 0 Å². The van der Waals surface area contributed by atoms with E-state index >= 15 is 0 Å². The van der Waals surface area contributed by atoms with Gasteiger partial charge in [0.25, 0.3) is 5.91 Å². The molecular formula is C10H10BrNO3. The highest BCUT2D eigenvalue weighted by atomic mass is 79.9. The molecule has 0 radical (unpaired) electrons. The van der Waals surface area contributed by atoms with Gasteiger partial charge in [0.2, 0.25) is 0 Å². The van der Waals surface area contributed by atoms with E-state index < -0.39 is 5.97 Å². The third-order valence-electron chi connectivity index (χ3n) is 1.70. The molecule has 15 heavy (non-hydrogen) atoms. The number of hydrogen-bond donors (Lipinski definition) is 2. The number of carbonyl (C=O) groups excluding carboxylic acids is 1. The highest BCUT2D eigenvalue weighted by Crippen LogP contribution is 2.15. The van der Waals surface area contributed by atoms with Crippen LogP contribution in [0.3, 0.4) is 0 Å². The number of carboxylic acids is 1. The van der Waals surface area contributed by atoms with E-state index in [-0.39, 0.29) is 12.5 Å². The maximum Gasteiger partial charge on any atom is 0.322 e. The number of nitrogens with one attached hydrogen (secondary N) is 1. The summed E-state index contributed by atoms with van der Waals surface area (Å²) in [6.45, 7) is 1.49. The average molecular weight is 272 g/mol. The van der Waals surface area contributed by atoms with Crippen LogP contribution < -0.4 is 5.32 Å². The van der Waals surface area contributed by atoms with Crippen LogP contribution in [0.2, 0.25) is 0 Å². The van der Waals surface area contributed by atoms with E-state index in [9.17, 15) is 9.59 Å². The standard InChI is InChI=1S/C10H10BrNO3/c1-6-2-7(4-8(11)3-6)10(15)12-5-9(13)14/h2-4H,5H2,1H3,(H,12,15)(H,13,14). The summed E-state index contributed by atoms with van der Waals surface area (Å²) >= 11 is 3.26. The summed E-state index contributed by atoms with van der Waals surface area (Å²) in [7, 11) is 0. The molecule has 1 amide bonds. The fourth-order valence-corrected chi connectivity index (χ4v) is 1.73. The molecule has 2 N–H and O–H groups in total. The van der Waals surface area contributed by atoms with Crippen molar-refractivity contribution in [3.05, 3.63) is 33.8 Å². The first-order chi connectivity index (χ1) is 6.99. The lowest BCUT2D eigenvalue weighted by molar-refractivity contribution is -0.135. The highest BCUT2D eigenvalue weighted by Gasteiger charge is 2.07. The van der Waals surface area contributed by atoms with Crippen LogP contribution in [0, 0.1) is 6.92 Å². The van der Waals surface area contributed by atoms with Gasteiger partial charge >= 0.3 is 5.97 Å². The maximum atomic E-state index is 11.5. The van der Waals surface area contributed by atoms with E-state index in [2.05, 4.69) is 21.2 Å². The minimum atomic E-state index is -1.06. The molecule has 0 spiro atoms. The molecule has 1 aromatic carbocycles. The second-order valence-corrected chi connectivity index (χ2v) is 4.01. The molecular weight excluding hydrogens is 262 g/mol. The number of aryl methyl sites for hydroxylation is 1. The predicted octanol–water partition coefficient (Wildman–Crippen LogP) is 1.57. The van der Waals surface area contributed by atoms with E-state index in [1.165, 1.54) is 0 Å². The quantitative estimate of drug-likeness (QED) is 0.877. The molecule has 0 aromatic heterocycles. The van der Waals surface area contributed by atoms with Crippen molar-refractivity contribution in [3.8, 4) is 0 Å². The molecule has 80 valence electrons. The van der Waals surface area contributed by atoms with Gasteiger partial charge in [0, 0.05) is 10.0 Å². The van der Waals surface area contributed by atoms with Crippen LogP contribution in [0.4, 0.5) is 0 Å². The third-order valence-corrected chi connectivity index (χ3v) is 2.16. The van der Waals surface area contributed by atoms with Crippen LogP contribution in [0.5, 0.6) is 0 Å². The summed E-state index contributed by atoms with van der Waals surface area (Å²) in [5.41, 5.74) is 1.38. The van der Waals surface area contributed by atoms with Crippen LogP contribution in [0.15, 0.2) is 22.7 Å². The van der Waals surface area contributed by atoms with E-state index in [1.54, 1.807) is 12.1 Å². The fourth-order valence-electron chi connectivity index (χ4n) is 1.13. The van der Waals surface area contributed by atoms with E-state index in [0.29, 0.717) is 5.56 Å². The number of amides is 1. The van der Waals surface area contributed by atoms with Crippen molar-refractivity contribution in [2.45, 2.75) is 6.92 Å². The molecule has 0 atom stereocenters. The Hall–Kier alpha value is -1.36. The highest BCUT2D eigenvalue weighted by molar-refractivity contribution is 9.10. The summed E-state index contributed by atoms with van der Waals surface area (Å²) in [6.07, 6.45) is 0. The summed E-state index contributed by atoms with van der Waals surface area (Å²) in [6, 6.07) is 5.21. The first-order valence-corrected chi connectivity index (χ1v) is 5.05. The van der Waals surface area contributed by atoms with Crippen molar-refractivity contribution >= 4 is 27.8 Å². The van der Waals surface area contributed by atoms with E-state index in [1.807, 2.05) is 13.0 Å². The summed E-state index contributed by atoms with van der Waals surface area (Å²) in [4.78, 5) is 21.7. The molecule has 0 heterocycles. The Labute approximate surface area is 95.4 Å². The van der Waals surface area contributed by atoms with Crippen LogP contribution in [-0.2, 0) is 4.79 Å². The number of hydrogen-bond acceptors (Lipinski definition) is 2. The Morgan fingerprint density at radius 2 is 2.07 bits per heavy atom. The smallest absolute Gasteiger partial charge is 0.322 e. The lowest BCUT2D eigenvalue weighted by Gasteiger charge is -2.04. The van der Waals surface area contributed by atoms with E-state index in [4.69, 9.17) is 5.11 Å². The summed E-state index contributed by atoms with van der Waals surface area (Å²) in [5.74, 6) is -1.45. The molecule has 4 nitrogen and oxygen atoms in total. The minimum absolute atomic E-state index is 0.371. The van der Waals surface area contributed by atoms with Crippen LogP contribution in [0.1, 0.15) is 15.9 Å². The Balaban J connectivity index is 2.77. The van der Waals surface area contributed by atoms with Gasteiger partial charge in [-0.3, -0.25) is 9.59 Å². The monoisotopic (exact) mass is 271 g/mol. The van der Waals surface area contributed by atoms with Gasteiger partial charge in [-0.25, -0.2) is 0 Å². The van der Waals surface area contributed by atoms with Crippen molar-refractivity contribution in [2.24, 2.45) is 0 Å². The number of carbonyl (C=O) groups is 2. The lowest BCUT2D eigenvalue weighted by atomic mass is 10.1.